The second kappa shape index (κ2) is 7.86. The van der Waals surface area contributed by atoms with Gasteiger partial charge in [0.2, 0.25) is 5.91 Å². The van der Waals surface area contributed by atoms with Crippen molar-refractivity contribution in [3.05, 3.63) is 48.5 Å². The first-order valence-corrected chi connectivity index (χ1v) is 11.9. The number of furan rings is 1. The number of ether oxygens (including phenoxy) is 1. The Kier molecular flexibility index (Phi) is 4.84. The normalized spacial score (nSPS) is 23.1. The predicted molar refractivity (Wildman–Crippen MR) is 123 cm³/mol. The van der Waals surface area contributed by atoms with Crippen molar-refractivity contribution in [1.82, 2.24) is 20.2 Å². The molecule has 0 saturated carbocycles. The lowest BCUT2D eigenvalue weighted by Gasteiger charge is -2.38. The van der Waals surface area contributed by atoms with Crippen LogP contribution in [0.3, 0.4) is 0 Å². The minimum Gasteiger partial charge on any atom is -0.460 e. The summed E-state index contributed by atoms with van der Waals surface area (Å²) < 4.78 is 13.2. The smallest absolute Gasteiger partial charge is 0.279 e. The zero-order chi connectivity index (χ0) is 21.7. The summed E-state index contributed by atoms with van der Waals surface area (Å²) >= 11 is 1.50. The van der Waals surface area contributed by atoms with Crippen LogP contribution in [-0.2, 0) is 11.3 Å². The monoisotopic (exact) mass is 448 g/mol. The van der Waals surface area contributed by atoms with Gasteiger partial charge in [-0.05, 0) is 49.9 Å². The van der Waals surface area contributed by atoms with Gasteiger partial charge in [0.05, 0.1) is 17.4 Å². The Bertz CT molecular complexity index is 1250. The molecule has 1 amide bonds. The Balaban J connectivity index is 1.17. The molecule has 0 radical (unpaired) electrons. The molecule has 1 aromatic carbocycles. The van der Waals surface area contributed by atoms with E-state index in [1.165, 1.54) is 24.2 Å². The van der Waals surface area contributed by atoms with Gasteiger partial charge >= 0.3 is 0 Å². The van der Waals surface area contributed by atoms with E-state index in [-0.39, 0.29) is 5.91 Å². The summed E-state index contributed by atoms with van der Waals surface area (Å²) in [5, 5.41) is 4.78. The average molecular weight is 449 g/mol. The van der Waals surface area contributed by atoms with Crippen LogP contribution in [-0.4, -0.2) is 38.9 Å². The first-order chi connectivity index (χ1) is 15.6. The van der Waals surface area contributed by atoms with Gasteiger partial charge in [-0.15, -0.1) is 0 Å². The standard InChI is InChI=1S/C24H24N4O3S/c1-14(29)26-16-9-17-3-4-18(10-16)28(17)13-20-8-15-2-5-19(11-22(15)30-20)31-24-27-21-12-25-7-6-23(21)32-24/h2,5-8,11-12,16-18H,3-4,9-10,13H2,1H3,(H,26,29)/t16-,17+,18-. The number of carbonyl (C=O) groups excluding carboxylic acids is 1. The molecule has 2 fully saturated rings. The summed E-state index contributed by atoms with van der Waals surface area (Å²) in [7, 11) is 0. The lowest BCUT2D eigenvalue weighted by molar-refractivity contribution is -0.120. The maximum atomic E-state index is 11.4. The minimum atomic E-state index is 0.0701. The second-order valence-electron chi connectivity index (χ2n) is 8.76. The van der Waals surface area contributed by atoms with Crippen molar-refractivity contribution < 1.29 is 13.9 Å². The van der Waals surface area contributed by atoms with E-state index in [1.807, 2.05) is 24.3 Å². The first kappa shape index (κ1) is 19.7. The van der Waals surface area contributed by atoms with E-state index >= 15 is 0 Å². The van der Waals surface area contributed by atoms with Gasteiger partial charge in [-0.25, -0.2) is 4.98 Å². The highest BCUT2D eigenvalue weighted by atomic mass is 32.1. The van der Waals surface area contributed by atoms with Gasteiger partial charge in [-0.2, -0.15) is 0 Å². The molecule has 2 saturated heterocycles. The Morgan fingerprint density at radius 3 is 2.88 bits per heavy atom. The number of hydrogen-bond donors (Lipinski definition) is 1. The lowest BCUT2D eigenvalue weighted by Crippen LogP contribution is -2.49. The molecule has 6 rings (SSSR count). The fourth-order valence-corrected chi connectivity index (χ4v) is 6.03. The number of carbonyl (C=O) groups is 1. The van der Waals surface area contributed by atoms with Gasteiger partial charge in [-0.1, -0.05) is 11.3 Å². The van der Waals surface area contributed by atoms with Gasteiger partial charge in [-0.3, -0.25) is 14.7 Å². The van der Waals surface area contributed by atoms with E-state index in [0.29, 0.717) is 29.1 Å². The van der Waals surface area contributed by atoms with Crippen molar-refractivity contribution in [1.29, 1.82) is 0 Å². The van der Waals surface area contributed by atoms with Crippen molar-refractivity contribution in [2.24, 2.45) is 0 Å². The summed E-state index contributed by atoms with van der Waals surface area (Å²) in [6.45, 7) is 2.41. The molecule has 2 aliphatic heterocycles. The van der Waals surface area contributed by atoms with Crippen molar-refractivity contribution in [3.63, 3.8) is 0 Å². The summed E-state index contributed by atoms with van der Waals surface area (Å²) in [5.74, 6) is 1.75. The number of nitrogens with zero attached hydrogens (tertiary/aromatic N) is 3. The highest BCUT2D eigenvalue weighted by molar-refractivity contribution is 7.20. The second-order valence-corrected chi connectivity index (χ2v) is 9.76. The molecule has 2 bridgehead atoms. The molecule has 3 aromatic heterocycles. The number of thiazole rings is 1. The van der Waals surface area contributed by atoms with Crippen LogP contribution >= 0.6 is 11.3 Å². The molecular weight excluding hydrogens is 424 g/mol. The number of benzene rings is 1. The van der Waals surface area contributed by atoms with Crippen LogP contribution in [0.1, 0.15) is 38.4 Å². The lowest BCUT2D eigenvalue weighted by atomic mass is 9.97. The van der Waals surface area contributed by atoms with Crippen molar-refractivity contribution in [2.75, 3.05) is 0 Å². The zero-order valence-electron chi connectivity index (χ0n) is 17.8. The van der Waals surface area contributed by atoms with Crippen LogP contribution in [0.25, 0.3) is 21.2 Å². The highest BCUT2D eigenvalue weighted by Gasteiger charge is 2.41. The Hall–Kier alpha value is -2.97. The predicted octanol–water partition coefficient (Wildman–Crippen LogP) is 4.86. The van der Waals surface area contributed by atoms with Crippen LogP contribution in [0.5, 0.6) is 10.9 Å². The number of aromatic nitrogens is 2. The third-order valence-electron chi connectivity index (χ3n) is 6.55. The maximum absolute atomic E-state index is 11.4. The largest absolute Gasteiger partial charge is 0.460 e. The van der Waals surface area contributed by atoms with Crippen LogP contribution in [0.15, 0.2) is 47.1 Å². The molecule has 0 aliphatic carbocycles. The van der Waals surface area contributed by atoms with Crippen LogP contribution in [0.2, 0.25) is 0 Å². The summed E-state index contributed by atoms with van der Waals surface area (Å²) in [6.07, 6.45) is 7.92. The summed E-state index contributed by atoms with van der Waals surface area (Å²) in [5.41, 5.74) is 1.66. The van der Waals surface area contributed by atoms with Gasteiger partial charge in [0.1, 0.15) is 22.6 Å². The van der Waals surface area contributed by atoms with E-state index in [9.17, 15) is 4.79 Å². The molecule has 0 unspecified atom stereocenters. The minimum absolute atomic E-state index is 0.0701. The number of rotatable bonds is 5. The fourth-order valence-electron chi connectivity index (χ4n) is 5.23. The third kappa shape index (κ3) is 3.73. The molecule has 7 nitrogen and oxygen atoms in total. The number of nitrogens with one attached hydrogen (secondary N) is 1. The van der Waals surface area contributed by atoms with E-state index in [2.05, 4.69) is 26.3 Å². The Morgan fingerprint density at radius 1 is 1.25 bits per heavy atom. The van der Waals surface area contributed by atoms with Crippen LogP contribution in [0.4, 0.5) is 0 Å². The number of hydrogen-bond acceptors (Lipinski definition) is 7. The number of piperidine rings is 1. The van der Waals surface area contributed by atoms with E-state index < -0.39 is 0 Å². The van der Waals surface area contributed by atoms with Gasteiger partial charge < -0.3 is 14.5 Å². The molecule has 4 aromatic rings. The van der Waals surface area contributed by atoms with E-state index in [4.69, 9.17) is 9.15 Å². The zero-order valence-corrected chi connectivity index (χ0v) is 18.6. The quantitative estimate of drug-likeness (QED) is 0.470. The van der Waals surface area contributed by atoms with Crippen molar-refractivity contribution >= 4 is 38.4 Å². The highest BCUT2D eigenvalue weighted by Crippen LogP contribution is 2.38. The fraction of sp³-hybridized carbons (Fsp3) is 0.375. The first-order valence-electron chi connectivity index (χ1n) is 11.0. The molecule has 32 heavy (non-hydrogen) atoms. The molecule has 2 aliphatic rings. The van der Waals surface area contributed by atoms with E-state index in [1.54, 1.807) is 19.3 Å². The van der Waals surface area contributed by atoms with Crippen LogP contribution in [0, 0.1) is 0 Å². The molecule has 1 N–H and O–H groups in total. The molecule has 8 heteroatoms. The van der Waals surface area contributed by atoms with Crippen molar-refractivity contribution in [3.8, 4) is 10.9 Å². The SMILES string of the molecule is CC(=O)N[C@H]1C[C@H]2CC[C@@H](C1)N2Cc1cc2ccc(Oc3nc4cnccc4s3)cc2o1. The van der Waals surface area contributed by atoms with Crippen molar-refractivity contribution in [2.45, 2.75) is 57.3 Å². The molecule has 164 valence electrons. The third-order valence-corrected chi connectivity index (χ3v) is 7.46. The number of pyridine rings is 1. The Labute approximate surface area is 189 Å². The van der Waals surface area contributed by atoms with Gasteiger partial charge in [0.25, 0.3) is 5.19 Å². The topological polar surface area (TPSA) is 80.5 Å². The van der Waals surface area contributed by atoms with E-state index in [0.717, 1.165) is 46.3 Å². The molecule has 0 spiro atoms. The molecule has 3 atom stereocenters. The van der Waals surface area contributed by atoms with Gasteiger partial charge in [0, 0.05) is 42.7 Å². The number of fused-ring (bicyclic) bond motifs is 4. The number of amides is 1. The average Bonchev–Trinajstić information content (AvgIpc) is 3.41. The Morgan fingerprint density at radius 2 is 2.09 bits per heavy atom. The van der Waals surface area contributed by atoms with Gasteiger partial charge in [0.15, 0.2) is 0 Å². The molecule has 5 heterocycles. The molecular formula is C24H24N4O3S. The summed E-state index contributed by atoms with van der Waals surface area (Å²) in [4.78, 5) is 22.6. The van der Waals surface area contributed by atoms with Crippen LogP contribution < -0.4 is 10.1 Å². The summed E-state index contributed by atoms with van der Waals surface area (Å²) in [6, 6.07) is 11.3. The maximum Gasteiger partial charge on any atom is 0.279 e.